The second kappa shape index (κ2) is 4.43. The van der Waals surface area contributed by atoms with Gasteiger partial charge in [-0.25, -0.2) is 13.4 Å². The van der Waals surface area contributed by atoms with Crippen LogP contribution in [0.3, 0.4) is 0 Å². The summed E-state index contributed by atoms with van der Waals surface area (Å²) in [6.07, 6.45) is 1.75. The number of H-pyrrole nitrogens is 1. The van der Waals surface area contributed by atoms with Gasteiger partial charge in [0.15, 0.2) is 5.13 Å². The van der Waals surface area contributed by atoms with Gasteiger partial charge in [0.05, 0.1) is 18.0 Å². The van der Waals surface area contributed by atoms with Crippen molar-refractivity contribution in [3.8, 4) is 0 Å². The Labute approximate surface area is 102 Å². The SMILES string of the molecule is CC(O)c1csc(NS(=O)(=O)c2cn[nH]c2)n1. The van der Waals surface area contributed by atoms with Gasteiger partial charge >= 0.3 is 0 Å². The Morgan fingerprint density at radius 1 is 1.59 bits per heavy atom. The first-order valence-corrected chi connectivity index (χ1v) is 7.00. The van der Waals surface area contributed by atoms with Crippen LogP contribution in [0.1, 0.15) is 18.7 Å². The molecule has 0 amide bonds. The van der Waals surface area contributed by atoms with Crippen molar-refractivity contribution in [2.24, 2.45) is 0 Å². The number of sulfonamides is 1. The molecule has 0 aliphatic rings. The number of anilines is 1. The van der Waals surface area contributed by atoms with E-state index in [1.54, 1.807) is 12.3 Å². The maximum absolute atomic E-state index is 11.8. The number of aliphatic hydroxyl groups is 1. The summed E-state index contributed by atoms with van der Waals surface area (Å²) < 4.78 is 25.9. The fourth-order valence-corrected chi connectivity index (χ4v) is 3.04. The number of hydrogen-bond donors (Lipinski definition) is 3. The summed E-state index contributed by atoms with van der Waals surface area (Å²) >= 11 is 1.11. The molecule has 17 heavy (non-hydrogen) atoms. The number of aromatic nitrogens is 3. The largest absolute Gasteiger partial charge is 0.387 e. The van der Waals surface area contributed by atoms with Crippen molar-refractivity contribution in [3.05, 3.63) is 23.5 Å². The van der Waals surface area contributed by atoms with Crippen molar-refractivity contribution in [3.63, 3.8) is 0 Å². The van der Waals surface area contributed by atoms with Crippen molar-refractivity contribution in [1.29, 1.82) is 0 Å². The highest BCUT2D eigenvalue weighted by molar-refractivity contribution is 7.93. The molecule has 2 aromatic heterocycles. The van der Waals surface area contributed by atoms with Crippen LogP contribution in [0.25, 0.3) is 0 Å². The van der Waals surface area contributed by atoms with Gasteiger partial charge in [-0.2, -0.15) is 5.10 Å². The van der Waals surface area contributed by atoms with Crippen LogP contribution < -0.4 is 4.72 Å². The third kappa shape index (κ3) is 2.62. The lowest BCUT2D eigenvalue weighted by Crippen LogP contribution is -2.12. The lowest BCUT2D eigenvalue weighted by molar-refractivity contribution is 0.195. The Morgan fingerprint density at radius 2 is 2.35 bits per heavy atom. The number of nitrogens with one attached hydrogen (secondary N) is 2. The van der Waals surface area contributed by atoms with Crippen LogP contribution in [0, 0.1) is 0 Å². The Morgan fingerprint density at radius 3 is 2.88 bits per heavy atom. The van der Waals surface area contributed by atoms with E-state index in [1.165, 1.54) is 12.4 Å². The molecule has 3 N–H and O–H groups in total. The quantitative estimate of drug-likeness (QED) is 0.761. The van der Waals surface area contributed by atoms with Gasteiger partial charge in [0.25, 0.3) is 10.0 Å². The zero-order valence-corrected chi connectivity index (χ0v) is 10.4. The molecular formula is C8H10N4O3S2. The minimum atomic E-state index is -3.66. The molecule has 92 valence electrons. The lowest BCUT2D eigenvalue weighted by Gasteiger charge is -2.01. The van der Waals surface area contributed by atoms with Crippen LogP contribution >= 0.6 is 11.3 Å². The summed E-state index contributed by atoms with van der Waals surface area (Å²) in [5.74, 6) is 0. The normalized spacial score (nSPS) is 13.5. The highest BCUT2D eigenvalue weighted by atomic mass is 32.2. The van der Waals surface area contributed by atoms with E-state index in [4.69, 9.17) is 0 Å². The van der Waals surface area contributed by atoms with E-state index in [1.807, 2.05) is 0 Å². The average Bonchev–Trinajstić information content (AvgIpc) is 2.85. The van der Waals surface area contributed by atoms with Crippen LogP contribution in [-0.4, -0.2) is 28.7 Å². The first-order valence-electron chi connectivity index (χ1n) is 4.64. The molecule has 0 fully saturated rings. The number of thiazole rings is 1. The molecule has 0 radical (unpaired) electrons. The second-order valence-electron chi connectivity index (χ2n) is 3.29. The van der Waals surface area contributed by atoms with E-state index in [2.05, 4.69) is 19.9 Å². The second-order valence-corrected chi connectivity index (χ2v) is 5.83. The van der Waals surface area contributed by atoms with Crippen molar-refractivity contribution < 1.29 is 13.5 Å². The van der Waals surface area contributed by atoms with Gasteiger partial charge < -0.3 is 5.11 Å². The van der Waals surface area contributed by atoms with Gasteiger partial charge in [0.1, 0.15) is 4.90 Å². The number of nitrogens with zero attached hydrogens (tertiary/aromatic N) is 2. The number of aromatic amines is 1. The highest BCUT2D eigenvalue weighted by Gasteiger charge is 2.17. The molecule has 0 spiro atoms. The maximum atomic E-state index is 11.8. The molecule has 1 unspecified atom stereocenters. The molecule has 2 aromatic rings. The Kier molecular flexibility index (Phi) is 3.13. The average molecular weight is 274 g/mol. The lowest BCUT2D eigenvalue weighted by atomic mass is 10.3. The van der Waals surface area contributed by atoms with Gasteiger partial charge in [-0.3, -0.25) is 9.82 Å². The first kappa shape index (κ1) is 12.0. The van der Waals surface area contributed by atoms with Gasteiger partial charge in [-0.1, -0.05) is 0 Å². The standard InChI is InChI=1S/C8H10N4O3S2/c1-5(13)7-4-16-8(11-7)12-17(14,15)6-2-9-10-3-6/h2-5,13H,1H3,(H,9,10)(H,11,12). The molecule has 0 saturated carbocycles. The predicted octanol–water partition coefficient (Wildman–Crippen LogP) is 0.720. The fraction of sp³-hybridized carbons (Fsp3) is 0.250. The zero-order chi connectivity index (χ0) is 12.5. The summed E-state index contributed by atoms with van der Waals surface area (Å²) in [7, 11) is -3.66. The van der Waals surface area contributed by atoms with E-state index in [-0.39, 0.29) is 10.0 Å². The van der Waals surface area contributed by atoms with E-state index in [9.17, 15) is 13.5 Å². The van der Waals surface area contributed by atoms with Crippen LogP contribution in [0.15, 0.2) is 22.7 Å². The molecule has 1 atom stereocenters. The molecule has 2 heterocycles. The number of rotatable bonds is 4. The fourth-order valence-electron chi connectivity index (χ4n) is 1.08. The minimum Gasteiger partial charge on any atom is -0.387 e. The van der Waals surface area contributed by atoms with Gasteiger partial charge in [0, 0.05) is 11.6 Å². The Balaban J connectivity index is 2.21. The first-order chi connectivity index (χ1) is 7.99. The summed E-state index contributed by atoms with van der Waals surface area (Å²) in [6.45, 7) is 1.56. The van der Waals surface area contributed by atoms with Crippen LogP contribution in [0.2, 0.25) is 0 Å². The van der Waals surface area contributed by atoms with Crippen LogP contribution in [0.5, 0.6) is 0 Å². The molecule has 2 rings (SSSR count). The molecule has 0 bridgehead atoms. The van der Waals surface area contributed by atoms with Crippen molar-refractivity contribution >= 4 is 26.5 Å². The van der Waals surface area contributed by atoms with Crippen molar-refractivity contribution in [2.75, 3.05) is 4.72 Å². The molecule has 0 aliphatic heterocycles. The maximum Gasteiger partial charge on any atom is 0.266 e. The van der Waals surface area contributed by atoms with E-state index < -0.39 is 16.1 Å². The van der Waals surface area contributed by atoms with E-state index in [0.29, 0.717) is 5.69 Å². The molecule has 0 aromatic carbocycles. The van der Waals surface area contributed by atoms with Crippen LogP contribution in [0.4, 0.5) is 5.13 Å². The van der Waals surface area contributed by atoms with Crippen LogP contribution in [-0.2, 0) is 10.0 Å². The van der Waals surface area contributed by atoms with Gasteiger partial charge in [-0.05, 0) is 6.92 Å². The molecule has 0 saturated heterocycles. The predicted molar refractivity (Wildman–Crippen MR) is 62.1 cm³/mol. The summed E-state index contributed by atoms with van der Waals surface area (Å²) in [5.41, 5.74) is 0.430. The Bertz CT molecular complexity index is 588. The third-order valence-corrected chi connectivity index (χ3v) is 4.17. The van der Waals surface area contributed by atoms with E-state index >= 15 is 0 Å². The zero-order valence-electron chi connectivity index (χ0n) is 8.78. The number of hydrogen-bond acceptors (Lipinski definition) is 6. The topological polar surface area (TPSA) is 108 Å². The molecule has 0 aliphatic carbocycles. The molecule has 7 nitrogen and oxygen atoms in total. The third-order valence-electron chi connectivity index (χ3n) is 1.96. The smallest absolute Gasteiger partial charge is 0.266 e. The van der Waals surface area contributed by atoms with Gasteiger partial charge in [-0.15, -0.1) is 11.3 Å². The summed E-state index contributed by atoms with van der Waals surface area (Å²) in [6, 6.07) is 0. The molecular weight excluding hydrogens is 264 g/mol. The monoisotopic (exact) mass is 274 g/mol. The minimum absolute atomic E-state index is 0.0336. The summed E-state index contributed by atoms with van der Waals surface area (Å²) in [5, 5.41) is 17.1. The van der Waals surface area contributed by atoms with E-state index in [0.717, 1.165) is 11.3 Å². The highest BCUT2D eigenvalue weighted by Crippen LogP contribution is 2.22. The number of aliphatic hydroxyl groups excluding tert-OH is 1. The summed E-state index contributed by atoms with van der Waals surface area (Å²) in [4.78, 5) is 3.99. The van der Waals surface area contributed by atoms with Gasteiger partial charge in [0.2, 0.25) is 0 Å². The molecule has 9 heteroatoms. The van der Waals surface area contributed by atoms with Crippen molar-refractivity contribution in [1.82, 2.24) is 15.2 Å². The Hall–Kier alpha value is -1.45. The van der Waals surface area contributed by atoms with Crippen molar-refractivity contribution in [2.45, 2.75) is 17.9 Å².